The number of hydrogen-bond acceptors (Lipinski definition) is 5. The van der Waals surface area contributed by atoms with Crippen molar-refractivity contribution in [1.82, 2.24) is 0 Å². The van der Waals surface area contributed by atoms with E-state index >= 15 is 0 Å². The van der Waals surface area contributed by atoms with Crippen LogP contribution >= 0.6 is 0 Å². The largest absolute Gasteiger partial charge is 0.481 e. The maximum atomic E-state index is 12.0. The van der Waals surface area contributed by atoms with Gasteiger partial charge < -0.3 is 24.5 Å². The van der Waals surface area contributed by atoms with Crippen molar-refractivity contribution in [2.45, 2.75) is 89.3 Å². The molecule has 0 aromatic heterocycles. The third kappa shape index (κ3) is 19.4. The lowest BCUT2D eigenvalue weighted by Gasteiger charge is -2.28. The standard InChI is InChI=1S/C21H39NO7/c1-22(2,3)16-18(15-20(26)27)29-21(28)14-13-17(23)11-9-7-5-4-6-8-10-12-19(24)25/h17-18,23H,4-16H2,1-3H3,(H-,24,25,26,27)/p+1. The number of aliphatic carboxylic acids is 2. The molecule has 0 aliphatic rings. The quantitative estimate of drug-likeness (QED) is 0.178. The Kier molecular flexibility index (Phi) is 14.3. The average molecular weight is 419 g/mol. The monoisotopic (exact) mass is 418 g/mol. The number of hydrogen-bond donors (Lipinski definition) is 3. The summed E-state index contributed by atoms with van der Waals surface area (Å²) < 4.78 is 5.80. The summed E-state index contributed by atoms with van der Waals surface area (Å²) in [7, 11) is 5.72. The first kappa shape index (κ1) is 27.3. The van der Waals surface area contributed by atoms with E-state index in [-0.39, 0.29) is 19.3 Å². The first-order valence-electron chi connectivity index (χ1n) is 10.6. The minimum atomic E-state index is -1.00. The zero-order valence-corrected chi connectivity index (χ0v) is 18.3. The molecule has 0 bridgehead atoms. The first-order valence-corrected chi connectivity index (χ1v) is 10.6. The number of nitrogens with zero attached hydrogens (tertiary/aromatic N) is 1. The summed E-state index contributed by atoms with van der Waals surface area (Å²) in [6.45, 7) is 0.414. The van der Waals surface area contributed by atoms with E-state index in [2.05, 4.69) is 0 Å². The van der Waals surface area contributed by atoms with Gasteiger partial charge in [0.05, 0.1) is 33.7 Å². The molecular weight excluding hydrogens is 378 g/mol. The van der Waals surface area contributed by atoms with Gasteiger partial charge in [-0.15, -0.1) is 0 Å². The number of unbranched alkanes of at least 4 members (excludes halogenated alkanes) is 6. The second-order valence-corrected chi connectivity index (χ2v) is 8.78. The number of esters is 1. The van der Waals surface area contributed by atoms with Gasteiger partial charge in [0, 0.05) is 12.8 Å². The Morgan fingerprint density at radius 1 is 0.793 bits per heavy atom. The van der Waals surface area contributed by atoms with Crippen molar-refractivity contribution in [2.75, 3.05) is 27.7 Å². The molecule has 0 heterocycles. The molecule has 170 valence electrons. The number of likely N-dealkylation sites (N-methyl/N-ethyl adjacent to an activating group) is 1. The van der Waals surface area contributed by atoms with Gasteiger partial charge in [-0.2, -0.15) is 0 Å². The molecule has 8 nitrogen and oxygen atoms in total. The molecule has 0 saturated heterocycles. The molecule has 8 heteroatoms. The maximum absolute atomic E-state index is 12.0. The Hall–Kier alpha value is -1.67. The summed E-state index contributed by atoms with van der Waals surface area (Å²) in [6, 6.07) is 0. The van der Waals surface area contributed by atoms with Crippen LogP contribution in [-0.4, -0.2) is 77.6 Å². The van der Waals surface area contributed by atoms with E-state index in [1.54, 1.807) is 0 Å². The van der Waals surface area contributed by atoms with E-state index in [1.807, 2.05) is 21.1 Å². The second kappa shape index (κ2) is 15.2. The summed E-state index contributed by atoms with van der Waals surface area (Å²) in [4.78, 5) is 33.4. The lowest BCUT2D eigenvalue weighted by molar-refractivity contribution is -0.873. The Balaban J connectivity index is 3.86. The van der Waals surface area contributed by atoms with Crippen molar-refractivity contribution in [3.8, 4) is 0 Å². The molecule has 29 heavy (non-hydrogen) atoms. The van der Waals surface area contributed by atoms with Crippen molar-refractivity contribution < 1.29 is 38.9 Å². The van der Waals surface area contributed by atoms with Crippen molar-refractivity contribution in [3.63, 3.8) is 0 Å². The number of carbonyl (C=O) groups is 3. The Morgan fingerprint density at radius 2 is 1.34 bits per heavy atom. The van der Waals surface area contributed by atoms with Crippen molar-refractivity contribution in [2.24, 2.45) is 0 Å². The highest BCUT2D eigenvalue weighted by molar-refractivity contribution is 5.71. The van der Waals surface area contributed by atoms with Crippen molar-refractivity contribution in [3.05, 3.63) is 0 Å². The highest BCUT2D eigenvalue weighted by Gasteiger charge is 2.25. The fraction of sp³-hybridized carbons (Fsp3) is 0.857. The topological polar surface area (TPSA) is 121 Å². The van der Waals surface area contributed by atoms with Gasteiger partial charge in [0.15, 0.2) is 6.10 Å². The van der Waals surface area contributed by atoms with Crippen LogP contribution in [0, 0.1) is 0 Å². The fourth-order valence-corrected chi connectivity index (χ4v) is 3.16. The molecule has 0 saturated carbocycles. The molecule has 0 spiro atoms. The van der Waals surface area contributed by atoms with Gasteiger partial charge in [0.2, 0.25) is 0 Å². The maximum Gasteiger partial charge on any atom is 0.307 e. The molecule has 0 radical (unpaired) electrons. The number of aliphatic hydroxyl groups is 1. The third-order valence-corrected chi connectivity index (χ3v) is 4.56. The predicted octanol–water partition coefficient (Wildman–Crippen LogP) is 2.82. The van der Waals surface area contributed by atoms with Crippen molar-refractivity contribution in [1.29, 1.82) is 0 Å². The summed E-state index contributed by atoms with van der Waals surface area (Å²) in [5, 5.41) is 27.6. The predicted molar refractivity (Wildman–Crippen MR) is 109 cm³/mol. The van der Waals surface area contributed by atoms with Gasteiger partial charge in [-0.3, -0.25) is 14.4 Å². The van der Waals surface area contributed by atoms with Crippen LogP contribution in [0.1, 0.15) is 77.0 Å². The number of carboxylic acids is 2. The van der Waals surface area contributed by atoms with E-state index in [4.69, 9.17) is 14.9 Å². The minimum absolute atomic E-state index is 0.0814. The van der Waals surface area contributed by atoms with Gasteiger partial charge in [-0.05, 0) is 19.3 Å². The average Bonchev–Trinajstić information content (AvgIpc) is 2.56. The number of carboxylic acid groups (broad SMARTS) is 2. The van der Waals surface area contributed by atoms with Crippen LogP contribution in [0.2, 0.25) is 0 Å². The summed E-state index contributed by atoms with van der Waals surface area (Å²) in [6.07, 6.45) is 6.53. The van der Waals surface area contributed by atoms with Gasteiger partial charge >= 0.3 is 17.9 Å². The first-order chi connectivity index (χ1) is 13.5. The highest BCUT2D eigenvalue weighted by Crippen LogP contribution is 2.14. The lowest BCUT2D eigenvalue weighted by atomic mass is 10.0. The Bertz CT molecular complexity index is 488. The van der Waals surface area contributed by atoms with Gasteiger partial charge in [-0.25, -0.2) is 0 Å². The van der Waals surface area contributed by atoms with E-state index < -0.39 is 30.1 Å². The number of ether oxygens (including phenoxy) is 1. The van der Waals surface area contributed by atoms with Crippen LogP contribution in [0.25, 0.3) is 0 Å². The molecular formula is C21H40NO7+. The molecule has 2 unspecified atom stereocenters. The molecule has 0 amide bonds. The molecule has 0 aromatic rings. The molecule has 0 fully saturated rings. The SMILES string of the molecule is C[N+](C)(C)CC(CC(=O)O)OC(=O)CCC(O)CCCCCCCCCC(=O)O. The lowest BCUT2D eigenvalue weighted by Crippen LogP contribution is -2.43. The van der Waals surface area contributed by atoms with E-state index in [9.17, 15) is 19.5 Å². The molecule has 2 atom stereocenters. The van der Waals surface area contributed by atoms with Crippen LogP contribution in [-0.2, 0) is 19.1 Å². The number of aliphatic hydroxyl groups excluding tert-OH is 1. The normalized spacial score (nSPS) is 13.7. The van der Waals surface area contributed by atoms with Gasteiger partial charge in [0.1, 0.15) is 6.54 Å². The smallest absolute Gasteiger partial charge is 0.307 e. The zero-order chi connectivity index (χ0) is 22.3. The number of quaternary nitrogens is 1. The molecule has 0 aliphatic carbocycles. The van der Waals surface area contributed by atoms with Crippen molar-refractivity contribution >= 4 is 17.9 Å². The van der Waals surface area contributed by atoms with E-state index in [1.165, 1.54) is 0 Å². The van der Waals surface area contributed by atoms with E-state index in [0.717, 1.165) is 44.9 Å². The summed E-state index contributed by atoms with van der Waals surface area (Å²) in [5.41, 5.74) is 0. The molecule has 0 rings (SSSR count). The molecule has 0 aromatic carbocycles. The Labute approximate surface area is 174 Å². The van der Waals surface area contributed by atoms with Crippen LogP contribution in [0.5, 0.6) is 0 Å². The fourth-order valence-electron chi connectivity index (χ4n) is 3.16. The van der Waals surface area contributed by atoms with E-state index in [0.29, 0.717) is 23.9 Å². The van der Waals surface area contributed by atoms with Crippen LogP contribution in [0.4, 0.5) is 0 Å². The molecule has 3 N–H and O–H groups in total. The minimum Gasteiger partial charge on any atom is -0.481 e. The highest BCUT2D eigenvalue weighted by atomic mass is 16.5. The summed E-state index contributed by atoms with van der Waals surface area (Å²) >= 11 is 0. The van der Waals surface area contributed by atoms with Gasteiger partial charge in [0.25, 0.3) is 0 Å². The number of carbonyl (C=O) groups excluding carboxylic acids is 1. The van der Waals surface area contributed by atoms with Crippen LogP contribution in [0.15, 0.2) is 0 Å². The number of rotatable bonds is 18. The second-order valence-electron chi connectivity index (χ2n) is 8.78. The van der Waals surface area contributed by atoms with Crippen LogP contribution in [0.3, 0.4) is 0 Å². The van der Waals surface area contributed by atoms with Crippen LogP contribution < -0.4 is 0 Å². The van der Waals surface area contributed by atoms with Gasteiger partial charge in [-0.1, -0.05) is 38.5 Å². The third-order valence-electron chi connectivity index (χ3n) is 4.56. The molecule has 0 aliphatic heterocycles. The zero-order valence-electron chi connectivity index (χ0n) is 18.3. The Morgan fingerprint density at radius 3 is 1.86 bits per heavy atom. The summed E-state index contributed by atoms with van der Waals surface area (Å²) in [5.74, 6) is -2.21.